The molecule has 0 spiro atoms. The van der Waals surface area contributed by atoms with Gasteiger partial charge in [-0.2, -0.15) is 0 Å². The third kappa shape index (κ3) is 3.41. The number of rotatable bonds is 5. The van der Waals surface area contributed by atoms with E-state index in [1.807, 2.05) is 32.0 Å². The SMILES string of the molecule is Cc1cc(C(C)NCc2cccnc2C(N)=NO)c(C)o1. The minimum absolute atomic E-state index is 0.00962. The van der Waals surface area contributed by atoms with Crippen molar-refractivity contribution in [3.8, 4) is 0 Å². The topological polar surface area (TPSA) is 96.7 Å². The first-order valence-electron chi connectivity index (χ1n) is 6.75. The van der Waals surface area contributed by atoms with Crippen LogP contribution < -0.4 is 11.1 Å². The van der Waals surface area contributed by atoms with Crippen molar-refractivity contribution in [2.45, 2.75) is 33.4 Å². The Balaban J connectivity index is 2.12. The second kappa shape index (κ2) is 6.41. The molecule has 112 valence electrons. The average Bonchev–Trinajstić information content (AvgIpc) is 2.83. The number of nitrogens with two attached hydrogens (primary N) is 1. The van der Waals surface area contributed by atoms with E-state index >= 15 is 0 Å². The van der Waals surface area contributed by atoms with E-state index in [0.29, 0.717) is 12.2 Å². The number of aromatic nitrogens is 1. The fourth-order valence-electron chi connectivity index (χ4n) is 2.31. The van der Waals surface area contributed by atoms with E-state index < -0.39 is 0 Å². The number of hydrogen-bond donors (Lipinski definition) is 3. The molecule has 2 aromatic heterocycles. The molecule has 0 aliphatic carbocycles. The number of aryl methyl sites for hydroxylation is 2. The summed E-state index contributed by atoms with van der Waals surface area (Å²) in [5.74, 6) is 1.82. The van der Waals surface area contributed by atoms with Crippen molar-refractivity contribution in [1.82, 2.24) is 10.3 Å². The first-order chi connectivity index (χ1) is 10.0. The summed E-state index contributed by atoms with van der Waals surface area (Å²) in [5, 5.41) is 15.2. The lowest BCUT2D eigenvalue weighted by Gasteiger charge is -2.14. The molecule has 0 fully saturated rings. The normalized spacial score (nSPS) is 13.4. The summed E-state index contributed by atoms with van der Waals surface area (Å²) in [5.41, 5.74) is 8.12. The Labute approximate surface area is 123 Å². The Morgan fingerprint density at radius 3 is 2.90 bits per heavy atom. The predicted octanol–water partition coefficient (Wildman–Crippen LogP) is 2.24. The fraction of sp³-hybridized carbons (Fsp3) is 0.333. The van der Waals surface area contributed by atoms with Gasteiger partial charge in [0.05, 0.1) is 0 Å². The molecule has 21 heavy (non-hydrogen) atoms. The van der Waals surface area contributed by atoms with Crippen LogP contribution in [0, 0.1) is 13.8 Å². The molecular weight excluding hydrogens is 268 g/mol. The quantitative estimate of drug-likeness (QED) is 0.339. The van der Waals surface area contributed by atoms with Crippen LogP contribution in [0.25, 0.3) is 0 Å². The molecule has 0 aliphatic heterocycles. The average molecular weight is 288 g/mol. The van der Waals surface area contributed by atoms with Crippen molar-refractivity contribution in [3.05, 3.63) is 52.7 Å². The van der Waals surface area contributed by atoms with Crippen LogP contribution in [0.4, 0.5) is 0 Å². The van der Waals surface area contributed by atoms with E-state index in [4.69, 9.17) is 15.4 Å². The van der Waals surface area contributed by atoms with E-state index in [0.717, 1.165) is 22.6 Å². The number of pyridine rings is 1. The van der Waals surface area contributed by atoms with E-state index in [-0.39, 0.29) is 11.9 Å². The number of nitrogens with one attached hydrogen (secondary N) is 1. The summed E-state index contributed by atoms with van der Waals surface area (Å²) in [4.78, 5) is 4.15. The molecule has 0 amide bonds. The van der Waals surface area contributed by atoms with Crippen LogP contribution in [0.5, 0.6) is 0 Å². The van der Waals surface area contributed by atoms with E-state index in [2.05, 4.69) is 22.4 Å². The highest BCUT2D eigenvalue weighted by Gasteiger charge is 2.14. The number of hydrogen-bond acceptors (Lipinski definition) is 5. The summed E-state index contributed by atoms with van der Waals surface area (Å²) < 4.78 is 5.54. The zero-order chi connectivity index (χ0) is 15.4. The Kier molecular flexibility index (Phi) is 4.59. The number of furan rings is 1. The van der Waals surface area contributed by atoms with Gasteiger partial charge in [-0.1, -0.05) is 11.2 Å². The van der Waals surface area contributed by atoms with Crippen molar-refractivity contribution in [2.75, 3.05) is 0 Å². The van der Waals surface area contributed by atoms with Gasteiger partial charge in [0.1, 0.15) is 17.2 Å². The van der Waals surface area contributed by atoms with Crippen LogP contribution in [0.3, 0.4) is 0 Å². The second-order valence-electron chi connectivity index (χ2n) is 4.97. The molecule has 1 unspecified atom stereocenters. The molecule has 2 heterocycles. The zero-order valence-corrected chi connectivity index (χ0v) is 12.4. The van der Waals surface area contributed by atoms with Gasteiger partial charge >= 0.3 is 0 Å². The number of oxime groups is 1. The fourth-order valence-corrected chi connectivity index (χ4v) is 2.31. The summed E-state index contributed by atoms with van der Waals surface area (Å²) in [6.07, 6.45) is 1.61. The van der Waals surface area contributed by atoms with E-state index in [9.17, 15) is 0 Å². The standard InChI is InChI=1S/C15H20N4O2/c1-9-7-13(11(3)21-9)10(2)18-8-12-5-4-6-17-14(12)15(16)19-20/h4-7,10,18,20H,8H2,1-3H3,(H2,16,19). The first-order valence-corrected chi connectivity index (χ1v) is 6.75. The molecule has 0 aromatic carbocycles. The highest BCUT2D eigenvalue weighted by Crippen LogP contribution is 2.21. The summed E-state index contributed by atoms with van der Waals surface area (Å²) in [6.45, 7) is 6.51. The molecular formula is C15H20N4O2. The van der Waals surface area contributed by atoms with Gasteiger partial charge < -0.3 is 20.7 Å². The van der Waals surface area contributed by atoms with Gasteiger partial charge in [0.15, 0.2) is 5.84 Å². The Morgan fingerprint density at radius 2 is 2.29 bits per heavy atom. The molecule has 0 bridgehead atoms. The highest BCUT2D eigenvalue weighted by atomic mass is 16.4. The minimum atomic E-state index is 0.00962. The lowest BCUT2D eigenvalue weighted by Crippen LogP contribution is -2.23. The number of amidine groups is 1. The van der Waals surface area contributed by atoms with Crippen LogP contribution >= 0.6 is 0 Å². The molecule has 0 saturated heterocycles. The largest absolute Gasteiger partial charge is 0.466 e. The van der Waals surface area contributed by atoms with Crippen molar-refractivity contribution in [1.29, 1.82) is 0 Å². The Morgan fingerprint density at radius 1 is 1.52 bits per heavy atom. The summed E-state index contributed by atoms with van der Waals surface area (Å²) in [6, 6.07) is 5.87. The van der Waals surface area contributed by atoms with Crippen molar-refractivity contribution in [3.63, 3.8) is 0 Å². The molecule has 4 N–H and O–H groups in total. The van der Waals surface area contributed by atoms with Crippen molar-refractivity contribution in [2.24, 2.45) is 10.9 Å². The third-order valence-electron chi connectivity index (χ3n) is 3.39. The van der Waals surface area contributed by atoms with Crippen molar-refractivity contribution >= 4 is 5.84 Å². The molecule has 1 atom stereocenters. The lowest BCUT2D eigenvalue weighted by molar-refractivity contribution is 0.318. The van der Waals surface area contributed by atoms with Gasteiger partial charge in [-0.15, -0.1) is 0 Å². The van der Waals surface area contributed by atoms with Crippen LogP contribution in [-0.4, -0.2) is 16.0 Å². The molecule has 2 rings (SSSR count). The van der Waals surface area contributed by atoms with Gasteiger partial charge in [-0.05, 0) is 38.5 Å². The second-order valence-corrected chi connectivity index (χ2v) is 4.97. The van der Waals surface area contributed by atoms with Crippen LogP contribution in [-0.2, 0) is 6.54 Å². The minimum Gasteiger partial charge on any atom is -0.466 e. The number of nitrogens with zero attached hydrogens (tertiary/aromatic N) is 2. The Hall–Kier alpha value is -2.34. The lowest BCUT2D eigenvalue weighted by atomic mass is 10.1. The van der Waals surface area contributed by atoms with Gasteiger partial charge in [0, 0.05) is 24.3 Å². The van der Waals surface area contributed by atoms with E-state index in [1.54, 1.807) is 6.20 Å². The summed E-state index contributed by atoms with van der Waals surface area (Å²) in [7, 11) is 0. The van der Waals surface area contributed by atoms with Crippen LogP contribution in [0.15, 0.2) is 34.0 Å². The van der Waals surface area contributed by atoms with Gasteiger partial charge in [-0.25, -0.2) is 0 Å². The van der Waals surface area contributed by atoms with Gasteiger partial charge in [0.2, 0.25) is 0 Å². The molecule has 0 aliphatic rings. The molecule has 0 radical (unpaired) electrons. The van der Waals surface area contributed by atoms with Gasteiger partial charge in [-0.3, -0.25) is 4.98 Å². The van der Waals surface area contributed by atoms with Crippen LogP contribution in [0.1, 0.15) is 41.3 Å². The van der Waals surface area contributed by atoms with Crippen LogP contribution in [0.2, 0.25) is 0 Å². The maximum Gasteiger partial charge on any atom is 0.189 e. The molecule has 0 saturated carbocycles. The molecule has 6 heteroatoms. The Bertz CT molecular complexity index is 649. The van der Waals surface area contributed by atoms with Crippen molar-refractivity contribution < 1.29 is 9.62 Å². The third-order valence-corrected chi connectivity index (χ3v) is 3.39. The maximum atomic E-state index is 8.80. The monoisotopic (exact) mass is 288 g/mol. The molecule has 2 aromatic rings. The molecule has 6 nitrogen and oxygen atoms in total. The highest BCUT2D eigenvalue weighted by molar-refractivity contribution is 5.96. The van der Waals surface area contributed by atoms with E-state index in [1.165, 1.54) is 0 Å². The predicted molar refractivity (Wildman–Crippen MR) is 80.2 cm³/mol. The summed E-state index contributed by atoms with van der Waals surface area (Å²) >= 11 is 0. The smallest absolute Gasteiger partial charge is 0.189 e. The first kappa shape index (κ1) is 15.1. The zero-order valence-electron chi connectivity index (χ0n) is 12.4. The van der Waals surface area contributed by atoms with Gasteiger partial charge in [0.25, 0.3) is 0 Å². The maximum absolute atomic E-state index is 8.80.